The number of amides is 1. The number of fused-ring (bicyclic) bond motifs is 1. The van der Waals surface area contributed by atoms with Gasteiger partial charge in [0.2, 0.25) is 5.91 Å². The van der Waals surface area contributed by atoms with E-state index in [-0.39, 0.29) is 5.91 Å². The van der Waals surface area contributed by atoms with Gasteiger partial charge in [0, 0.05) is 37.9 Å². The lowest BCUT2D eigenvalue weighted by Crippen LogP contribution is -2.29. The van der Waals surface area contributed by atoms with Crippen molar-refractivity contribution in [1.82, 2.24) is 9.88 Å². The van der Waals surface area contributed by atoms with Crippen LogP contribution in [0.1, 0.15) is 23.1 Å². The molecule has 1 aromatic carbocycles. The smallest absolute Gasteiger partial charge is 0.223 e. The Labute approximate surface area is 130 Å². The monoisotopic (exact) mass is 323 g/mol. The van der Waals surface area contributed by atoms with Crippen molar-refractivity contribution in [3.05, 3.63) is 46.0 Å². The Balaban J connectivity index is 1.69. The summed E-state index contributed by atoms with van der Waals surface area (Å²) in [5.41, 5.74) is 1.75. The first kappa shape index (κ1) is 15.1. The highest BCUT2D eigenvalue weighted by atomic mass is 32.1. The van der Waals surface area contributed by atoms with E-state index in [4.69, 9.17) is 0 Å². The Morgan fingerprint density at radius 3 is 2.95 bits per heavy atom. The second kappa shape index (κ2) is 6.10. The normalized spacial score (nSPS) is 14.7. The molecule has 7 heteroatoms. The maximum Gasteiger partial charge on any atom is 0.223 e. The van der Waals surface area contributed by atoms with Gasteiger partial charge in [-0.05, 0) is 17.7 Å². The molecule has 2 aromatic rings. The fraction of sp³-hybridized carbons (Fsp3) is 0.333. The van der Waals surface area contributed by atoms with Gasteiger partial charge in [-0.2, -0.15) is 0 Å². The molecule has 2 heterocycles. The zero-order valence-electron chi connectivity index (χ0n) is 12.0. The van der Waals surface area contributed by atoms with E-state index in [9.17, 15) is 13.6 Å². The van der Waals surface area contributed by atoms with Gasteiger partial charge in [0.05, 0.1) is 5.69 Å². The molecule has 0 bridgehead atoms. The highest BCUT2D eigenvalue weighted by Crippen LogP contribution is 2.29. The third-order valence-corrected chi connectivity index (χ3v) is 4.48. The molecule has 4 nitrogen and oxygen atoms in total. The Hall–Kier alpha value is -1.86. The summed E-state index contributed by atoms with van der Waals surface area (Å²) >= 11 is 1.46. The lowest BCUT2D eigenvalue weighted by atomic mass is 10.1. The van der Waals surface area contributed by atoms with Crippen LogP contribution in [-0.4, -0.2) is 22.3 Å². The number of rotatable bonds is 3. The third kappa shape index (κ3) is 3.31. The highest BCUT2D eigenvalue weighted by Gasteiger charge is 2.21. The highest BCUT2D eigenvalue weighted by molar-refractivity contribution is 7.15. The van der Waals surface area contributed by atoms with Crippen molar-refractivity contribution in [1.29, 1.82) is 0 Å². The molecule has 0 fully saturated rings. The summed E-state index contributed by atoms with van der Waals surface area (Å²) in [5.74, 6) is -1.78. The minimum atomic E-state index is -0.827. The average molecular weight is 323 g/mol. The second-order valence-electron chi connectivity index (χ2n) is 5.28. The van der Waals surface area contributed by atoms with E-state index < -0.39 is 11.6 Å². The SMILES string of the molecule is CC(=O)Nc1nc2c(s1)CN(Cc1ccc(F)c(F)c1)CC2. The van der Waals surface area contributed by atoms with Gasteiger partial charge in [-0.1, -0.05) is 6.07 Å². The van der Waals surface area contributed by atoms with Gasteiger partial charge in [0.1, 0.15) is 0 Å². The molecule has 1 N–H and O–H groups in total. The molecular weight excluding hydrogens is 308 g/mol. The minimum Gasteiger partial charge on any atom is -0.302 e. The first-order chi connectivity index (χ1) is 10.5. The Kier molecular flexibility index (Phi) is 4.17. The zero-order chi connectivity index (χ0) is 15.7. The summed E-state index contributed by atoms with van der Waals surface area (Å²) in [5, 5.41) is 3.32. The van der Waals surface area contributed by atoms with Crippen LogP contribution in [0.3, 0.4) is 0 Å². The molecule has 116 valence electrons. The van der Waals surface area contributed by atoms with Gasteiger partial charge >= 0.3 is 0 Å². The van der Waals surface area contributed by atoms with E-state index in [2.05, 4.69) is 15.2 Å². The molecule has 22 heavy (non-hydrogen) atoms. The van der Waals surface area contributed by atoms with Crippen molar-refractivity contribution < 1.29 is 13.6 Å². The quantitative estimate of drug-likeness (QED) is 0.944. The van der Waals surface area contributed by atoms with Crippen molar-refractivity contribution in [2.75, 3.05) is 11.9 Å². The third-order valence-electron chi connectivity index (χ3n) is 3.48. The fourth-order valence-corrected chi connectivity index (χ4v) is 3.58. The lowest BCUT2D eigenvalue weighted by molar-refractivity contribution is -0.114. The van der Waals surface area contributed by atoms with E-state index in [1.807, 2.05) is 0 Å². The van der Waals surface area contributed by atoms with Gasteiger partial charge in [-0.25, -0.2) is 13.8 Å². The van der Waals surface area contributed by atoms with Crippen LogP contribution in [0.25, 0.3) is 0 Å². The average Bonchev–Trinajstić information content (AvgIpc) is 2.83. The topological polar surface area (TPSA) is 45.2 Å². The summed E-state index contributed by atoms with van der Waals surface area (Å²) in [7, 11) is 0. The number of carbonyl (C=O) groups excluding carboxylic acids is 1. The van der Waals surface area contributed by atoms with Gasteiger partial charge in [-0.15, -0.1) is 11.3 Å². The number of anilines is 1. The number of aromatic nitrogens is 1. The van der Waals surface area contributed by atoms with Gasteiger partial charge in [0.25, 0.3) is 0 Å². The predicted octanol–water partition coefficient (Wildman–Crippen LogP) is 2.94. The van der Waals surface area contributed by atoms with Crippen LogP contribution in [0.4, 0.5) is 13.9 Å². The second-order valence-corrected chi connectivity index (χ2v) is 6.36. The van der Waals surface area contributed by atoms with Gasteiger partial charge in [-0.3, -0.25) is 9.69 Å². The summed E-state index contributed by atoms with van der Waals surface area (Å²) in [6.07, 6.45) is 0.787. The van der Waals surface area contributed by atoms with E-state index in [0.29, 0.717) is 18.2 Å². The molecule has 0 atom stereocenters. The van der Waals surface area contributed by atoms with Crippen molar-refractivity contribution in [3.8, 4) is 0 Å². The van der Waals surface area contributed by atoms with Gasteiger partial charge < -0.3 is 5.32 Å². The molecule has 0 saturated carbocycles. The number of nitrogens with one attached hydrogen (secondary N) is 1. The molecule has 0 aliphatic carbocycles. The van der Waals surface area contributed by atoms with Gasteiger partial charge in [0.15, 0.2) is 16.8 Å². The van der Waals surface area contributed by atoms with Crippen LogP contribution < -0.4 is 5.32 Å². The molecular formula is C15H15F2N3OS. The van der Waals surface area contributed by atoms with Crippen LogP contribution in [0.5, 0.6) is 0 Å². The first-order valence-corrected chi connectivity index (χ1v) is 7.75. The number of nitrogens with zero attached hydrogens (tertiary/aromatic N) is 2. The largest absolute Gasteiger partial charge is 0.302 e. The number of carbonyl (C=O) groups is 1. The maximum absolute atomic E-state index is 13.3. The Morgan fingerprint density at radius 1 is 1.41 bits per heavy atom. The summed E-state index contributed by atoms with van der Waals surface area (Å²) < 4.78 is 26.2. The summed E-state index contributed by atoms with van der Waals surface area (Å²) in [6.45, 7) is 3.51. The van der Waals surface area contributed by atoms with Crippen molar-refractivity contribution >= 4 is 22.4 Å². The Morgan fingerprint density at radius 2 is 2.23 bits per heavy atom. The van der Waals surface area contributed by atoms with E-state index in [0.717, 1.165) is 35.2 Å². The molecule has 1 aliphatic heterocycles. The summed E-state index contributed by atoms with van der Waals surface area (Å²) in [4.78, 5) is 18.7. The fourth-order valence-electron chi connectivity index (χ4n) is 2.48. The predicted molar refractivity (Wildman–Crippen MR) is 80.6 cm³/mol. The summed E-state index contributed by atoms with van der Waals surface area (Å²) in [6, 6.07) is 3.99. The van der Waals surface area contributed by atoms with Crippen molar-refractivity contribution in [3.63, 3.8) is 0 Å². The molecule has 3 rings (SSSR count). The number of benzene rings is 1. The number of thiazole rings is 1. The van der Waals surface area contributed by atoms with Crippen molar-refractivity contribution in [2.45, 2.75) is 26.4 Å². The Bertz CT molecular complexity index is 717. The maximum atomic E-state index is 13.3. The van der Waals surface area contributed by atoms with Crippen molar-refractivity contribution in [2.24, 2.45) is 0 Å². The van der Waals surface area contributed by atoms with Crippen LogP contribution in [-0.2, 0) is 24.3 Å². The molecule has 1 amide bonds. The molecule has 0 radical (unpaired) electrons. The number of hydrogen-bond donors (Lipinski definition) is 1. The molecule has 0 spiro atoms. The molecule has 0 saturated heterocycles. The van der Waals surface area contributed by atoms with E-state index >= 15 is 0 Å². The molecule has 0 unspecified atom stereocenters. The van der Waals surface area contributed by atoms with Crippen LogP contribution >= 0.6 is 11.3 Å². The zero-order valence-corrected chi connectivity index (χ0v) is 12.8. The van der Waals surface area contributed by atoms with Crippen LogP contribution in [0.15, 0.2) is 18.2 Å². The lowest BCUT2D eigenvalue weighted by Gasteiger charge is -2.25. The van der Waals surface area contributed by atoms with E-state index in [1.165, 1.54) is 24.3 Å². The number of hydrogen-bond acceptors (Lipinski definition) is 4. The number of halogens is 2. The van der Waals surface area contributed by atoms with E-state index in [1.54, 1.807) is 6.07 Å². The molecule has 1 aromatic heterocycles. The standard InChI is InChI=1S/C15H15F2N3OS/c1-9(21)18-15-19-13-4-5-20(8-14(13)22-15)7-10-2-3-11(16)12(17)6-10/h2-3,6H,4-5,7-8H2,1H3,(H,18,19,21). The first-order valence-electron chi connectivity index (χ1n) is 6.93. The van der Waals surface area contributed by atoms with Crippen LogP contribution in [0.2, 0.25) is 0 Å². The minimum absolute atomic E-state index is 0.134. The van der Waals surface area contributed by atoms with Crippen LogP contribution in [0, 0.1) is 11.6 Å². The molecule has 1 aliphatic rings.